The molecule has 0 unspecified atom stereocenters. The van der Waals surface area contributed by atoms with Crippen molar-refractivity contribution in [3.05, 3.63) is 97.3 Å². The van der Waals surface area contributed by atoms with E-state index in [-0.39, 0.29) is 11.7 Å². The topological polar surface area (TPSA) is 72.7 Å². The van der Waals surface area contributed by atoms with Gasteiger partial charge in [-0.1, -0.05) is 60.3 Å². The third kappa shape index (κ3) is 4.24. The number of carbonyl (C=O) groups is 1. The predicted octanol–water partition coefficient (Wildman–Crippen LogP) is 5.21. The quantitative estimate of drug-likeness (QED) is 0.369. The zero-order valence-electron chi connectivity index (χ0n) is 17.1. The van der Waals surface area contributed by atoms with Crippen LogP contribution in [0.4, 0.5) is 5.69 Å². The Morgan fingerprint density at radius 2 is 1.69 bits per heavy atom. The highest BCUT2D eigenvalue weighted by Gasteiger charge is 2.17. The minimum atomic E-state index is -0.101. The molecule has 156 valence electrons. The van der Waals surface area contributed by atoms with Gasteiger partial charge in [0.25, 0.3) is 0 Å². The second kappa shape index (κ2) is 9.03. The van der Waals surface area contributed by atoms with Crippen molar-refractivity contribution < 1.29 is 4.79 Å². The van der Waals surface area contributed by atoms with Gasteiger partial charge >= 0.3 is 0 Å². The molecule has 0 bridgehead atoms. The van der Waals surface area contributed by atoms with Crippen molar-refractivity contribution in [3.8, 4) is 17.1 Å². The van der Waals surface area contributed by atoms with Gasteiger partial charge in [-0.25, -0.2) is 0 Å². The molecule has 2 aromatic heterocycles. The minimum absolute atomic E-state index is 0.101. The molecule has 0 fully saturated rings. The second-order valence-electron chi connectivity index (χ2n) is 7.12. The van der Waals surface area contributed by atoms with Crippen LogP contribution in [0.15, 0.2) is 102 Å². The number of nitrogens with zero attached hydrogens (tertiary/aromatic N) is 4. The third-order valence-electron chi connectivity index (χ3n) is 4.93. The normalized spacial score (nSPS) is 10.9. The number of para-hydroxylation sites is 1. The first-order chi connectivity index (χ1) is 15.8. The number of hydrogen-bond donors (Lipinski definition) is 1. The number of benzene rings is 3. The summed E-state index contributed by atoms with van der Waals surface area (Å²) in [7, 11) is 0. The first kappa shape index (κ1) is 20.0. The first-order valence-corrected chi connectivity index (χ1v) is 11.1. The van der Waals surface area contributed by atoms with E-state index in [2.05, 4.69) is 20.5 Å². The van der Waals surface area contributed by atoms with Gasteiger partial charge < -0.3 is 5.32 Å². The summed E-state index contributed by atoms with van der Waals surface area (Å²) in [6.07, 6.45) is 3.48. The maximum atomic E-state index is 12.6. The van der Waals surface area contributed by atoms with Gasteiger partial charge in [-0.3, -0.25) is 14.3 Å². The molecule has 6 nitrogen and oxygen atoms in total. The smallest absolute Gasteiger partial charge is 0.234 e. The number of pyridine rings is 1. The number of nitrogens with one attached hydrogen (secondary N) is 1. The molecule has 5 rings (SSSR count). The number of thioether (sulfide) groups is 1. The lowest BCUT2D eigenvalue weighted by atomic mass is 10.1. The minimum Gasteiger partial charge on any atom is -0.325 e. The van der Waals surface area contributed by atoms with Gasteiger partial charge in [-0.05, 0) is 47.2 Å². The van der Waals surface area contributed by atoms with Crippen LogP contribution in [0.5, 0.6) is 0 Å². The number of carbonyl (C=O) groups excluding carboxylic acids is 1. The van der Waals surface area contributed by atoms with Crippen molar-refractivity contribution in [2.45, 2.75) is 5.16 Å². The number of hydrogen-bond acceptors (Lipinski definition) is 5. The Labute approximate surface area is 189 Å². The summed E-state index contributed by atoms with van der Waals surface area (Å²) in [6, 6.07) is 27.6. The lowest BCUT2D eigenvalue weighted by Gasteiger charge is -2.10. The second-order valence-corrected chi connectivity index (χ2v) is 8.06. The van der Waals surface area contributed by atoms with Gasteiger partial charge in [0.15, 0.2) is 11.0 Å². The molecule has 0 aliphatic rings. The van der Waals surface area contributed by atoms with Gasteiger partial charge in [0.2, 0.25) is 5.91 Å². The standard InChI is InChI=1S/C25H19N5OS/c31-23(27-21-13-12-18-7-4-5-8-19(18)15-21)17-32-25-29-28-24(20-9-6-14-26-16-20)30(25)22-10-2-1-3-11-22/h1-16H,17H2,(H,27,31). The van der Waals surface area contributed by atoms with E-state index in [0.29, 0.717) is 11.0 Å². The van der Waals surface area contributed by atoms with Crippen LogP contribution in [0.3, 0.4) is 0 Å². The highest BCUT2D eigenvalue weighted by atomic mass is 32.2. The highest BCUT2D eigenvalue weighted by Crippen LogP contribution is 2.27. The van der Waals surface area contributed by atoms with Gasteiger partial charge in [-0.2, -0.15) is 0 Å². The molecule has 0 atom stereocenters. The fourth-order valence-electron chi connectivity index (χ4n) is 3.45. The first-order valence-electron chi connectivity index (χ1n) is 10.1. The SMILES string of the molecule is O=C(CSc1nnc(-c2cccnc2)n1-c1ccccc1)Nc1ccc2ccccc2c1. The van der Waals surface area contributed by atoms with Crippen molar-refractivity contribution in [2.24, 2.45) is 0 Å². The van der Waals surface area contributed by atoms with E-state index in [1.54, 1.807) is 12.4 Å². The number of rotatable bonds is 6. The lowest BCUT2D eigenvalue weighted by Crippen LogP contribution is -2.14. The van der Waals surface area contributed by atoms with E-state index in [1.807, 2.05) is 89.5 Å². The number of fused-ring (bicyclic) bond motifs is 1. The zero-order chi connectivity index (χ0) is 21.8. The Kier molecular flexibility index (Phi) is 5.63. The predicted molar refractivity (Wildman–Crippen MR) is 128 cm³/mol. The molecule has 0 aliphatic heterocycles. The van der Waals surface area contributed by atoms with Gasteiger partial charge in [-0.15, -0.1) is 10.2 Å². The molecule has 5 aromatic rings. The van der Waals surface area contributed by atoms with Crippen LogP contribution >= 0.6 is 11.8 Å². The van der Waals surface area contributed by atoms with Gasteiger partial charge in [0, 0.05) is 29.3 Å². The molecular formula is C25H19N5OS. The molecule has 2 heterocycles. The summed E-state index contributed by atoms with van der Waals surface area (Å²) in [5.74, 6) is 0.794. The summed E-state index contributed by atoms with van der Waals surface area (Å²) in [5.41, 5.74) is 2.56. The summed E-state index contributed by atoms with van der Waals surface area (Å²) >= 11 is 1.35. The zero-order valence-corrected chi connectivity index (χ0v) is 17.9. The maximum absolute atomic E-state index is 12.6. The largest absolute Gasteiger partial charge is 0.325 e. The molecule has 0 radical (unpaired) electrons. The lowest BCUT2D eigenvalue weighted by molar-refractivity contribution is -0.113. The van der Waals surface area contributed by atoms with Crippen LogP contribution in [-0.2, 0) is 4.79 Å². The molecule has 0 saturated heterocycles. The molecule has 0 saturated carbocycles. The molecule has 1 N–H and O–H groups in total. The monoisotopic (exact) mass is 437 g/mol. The fraction of sp³-hybridized carbons (Fsp3) is 0.0400. The van der Waals surface area contributed by atoms with Crippen LogP contribution in [0.2, 0.25) is 0 Å². The van der Waals surface area contributed by atoms with Crippen LogP contribution in [0, 0.1) is 0 Å². The van der Waals surface area contributed by atoms with E-state index >= 15 is 0 Å². The Balaban J connectivity index is 1.37. The summed E-state index contributed by atoms with van der Waals surface area (Å²) in [6.45, 7) is 0. The van der Waals surface area contributed by atoms with E-state index < -0.39 is 0 Å². The fourth-order valence-corrected chi connectivity index (χ4v) is 4.20. The molecule has 0 aliphatic carbocycles. The summed E-state index contributed by atoms with van der Waals surface area (Å²) in [4.78, 5) is 16.8. The van der Waals surface area contributed by atoms with Crippen molar-refractivity contribution >= 4 is 34.1 Å². The Morgan fingerprint density at radius 3 is 2.50 bits per heavy atom. The summed E-state index contributed by atoms with van der Waals surface area (Å²) in [5, 5.41) is 14.6. The average molecular weight is 438 g/mol. The van der Waals surface area contributed by atoms with Crippen molar-refractivity contribution in [3.63, 3.8) is 0 Å². The molecule has 3 aromatic carbocycles. The average Bonchev–Trinajstić information content (AvgIpc) is 3.28. The Morgan fingerprint density at radius 1 is 0.875 bits per heavy atom. The molecular weight excluding hydrogens is 418 g/mol. The van der Waals surface area contributed by atoms with Crippen LogP contribution in [0.1, 0.15) is 0 Å². The van der Waals surface area contributed by atoms with Gasteiger partial charge in [0.05, 0.1) is 5.75 Å². The number of amides is 1. The molecule has 0 spiro atoms. The Bertz CT molecular complexity index is 1370. The van der Waals surface area contributed by atoms with E-state index in [0.717, 1.165) is 27.7 Å². The van der Waals surface area contributed by atoms with Crippen LogP contribution in [0.25, 0.3) is 27.8 Å². The van der Waals surface area contributed by atoms with Crippen molar-refractivity contribution in [2.75, 3.05) is 11.1 Å². The van der Waals surface area contributed by atoms with E-state index in [4.69, 9.17) is 0 Å². The number of aromatic nitrogens is 4. The van der Waals surface area contributed by atoms with Gasteiger partial charge in [0.1, 0.15) is 0 Å². The molecule has 1 amide bonds. The third-order valence-corrected chi connectivity index (χ3v) is 5.86. The maximum Gasteiger partial charge on any atom is 0.234 e. The van der Waals surface area contributed by atoms with Crippen LogP contribution < -0.4 is 5.32 Å². The summed E-state index contributed by atoms with van der Waals surface area (Å²) < 4.78 is 1.95. The van der Waals surface area contributed by atoms with Crippen LogP contribution in [-0.4, -0.2) is 31.4 Å². The molecule has 32 heavy (non-hydrogen) atoms. The molecule has 7 heteroatoms. The van der Waals surface area contributed by atoms with Crippen molar-refractivity contribution in [1.82, 2.24) is 19.7 Å². The van der Waals surface area contributed by atoms with E-state index in [1.165, 1.54) is 11.8 Å². The van der Waals surface area contributed by atoms with E-state index in [9.17, 15) is 4.79 Å². The highest BCUT2D eigenvalue weighted by molar-refractivity contribution is 7.99. The Hall–Kier alpha value is -3.97. The number of anilines is 1. The van der Waals surface area contributed by atoms with Crippen molar-refractivity contribution in [1.29, 1.82) is 0 Å².